The molecule has 2 rings (SSSR count). The minimum absolute atomic E-state index is 0.518. The Morgan fingerprint density at radius 2 is 2.18 bits per heavy atom. The number of hydrogen-bond acceptors (Lipinski definition) is 2. The van der Waals surface area contributed by atoms with E-state index in [2.05, 4.69) is 30.3 Å². The van der Waals surface area contributed by atoms with E-state index in [1.165, 1.54) is 37.7 Å². The van der Waals surface area contributed by atoms with Crippen LogP contribution in [0.15, 0.2) is 24.5 Å². The van der Waals surface area contributed by atoms with Gasteiger partial charge in [0.2, 0.25) is 0 Å². The van der Waals surface area contributed by atoms with Gasteiger partial charge in [-0.05, 0) is 49.8 Å². The predicted octanol–water partition coefficient (Wildman–Crippen LogP) is 3.18. The van der Waals surface area contributed by atoms with Gasteiger partial charge in [-0.2, -0.15) is 0 Å². The molecular weight excluding hydrogens is 208 g/mol. The molecule has 1 aromatic rings. The van der Waals surface area contributed by atoms with Crippen LogP contribution in [-0.2, 0) is 6.42 Å². The summed E-state index contributed by atoms with van der Waals surface area (Å²) in [4.78, 5) is 4.22. The molecule has 2 heteroatoms. The maximum atomic E-state index is 4.22. The van der Waals surface area contributed by atoms with Gasteiger partial charge in [0.25, 0.3) is 0 Å². The van der Waals surface area contributed by atoms with E-state index in [1.807, 2.05) is 18.5 Å². The maximum Gasteiger partial charge on any atom is 0.0300 e. The molecule has 94 valence electrons. The monoisotopic (exact) mass is 232 g/mol. The van der Waals surface area contributed by atoms with Crippen LogP contribution in [0.3, 0.4) is 0 Å². The molecule has 1 saturated carbocycles. The number of aromatic nitrogens is 1. The van der Waals surface area contributed by atoms with E-state index in [4.69, 9.17) is 0 Å². The quantitative estimate of drug-likeness (QED) is 0.843. The molecule has 2 nitrogen and oxygen atoms in total. The van der Waals surface area contributed by atoms with Gasteiger partial charge in [0.05, 0.1) is 0 Å². The third-order valence-corrected chi connectivity index (χ3v) is 4.55. The van der Waals surface area contributed by atoms with Crippen molar-refractivity contribution in [3.63, 3.8) is 0 Å². The molecule has 1 aliphatic rings. The molecule has 1 N–H and O–H groups in total. The molecule has 0 saturated heterocycles. The molecule has 0 aromatic carbocycles. The van der Waals surface area contributed by atoms with E-state index < -0.39 is 0 Å². The van der Waals surface area contributed by atoms with Crippen molar-refractivity contribution >= 4 is 0 Å². The Kier molecular flexibility index (Phi) is 4.16. The van der Waals surface area contributed by atoms with Crippen LogP contribution in [0, 0.1) is 5.41 Å². The number of likely N-dealkylation sites (N-methyl/N-ethyl adjacent to an activating group) is 1. The van der Waals surface area contributed by atoms with Crippen molar-refractivity contribution < 1.29 is 0 Å². The second kappa shape index (κ2) is 5.63. The van der Waals surface area contributed by atoms with Crippen molar-refractivity contribution in [1.82, 2.24) is 10.3 Å². The SMILES string of the molecule is CCC1(C(Cc2cccnc2)NC)CCCC1. The van der Waals surface area contributed by atoms with Gasteiger partial charge >= 0.3 is 0 Å². The standard InChI is InChI=1S/C15H24N2/c1-3-15(8-4-5-9-15)14(16-2)11-13-7-6-10-17-12-13/h6-7,10,12,14,16H,3-5,8-9,11H2,1-2H3. The molecule has 0 amide bonds. The zero-order chi connectivity index (χ0) is 12.1. The van der Waals surface area contributed by atoms with Gasteiger partial charge in [-0.3, -0.25) is 4.98 Å². The van der Waals surface area contributed by atoms with E-state index in [0.717, 1.165) is 6.42 Å². The number of nitrogens with one attached hydrogen (secondary N) is 1. The lowest BCUT2D eigenvalue weighted by molar-refractivity contribution is 0.192. The Morgan fingerprint density at radius 3 is 2.71 bits per heavy atom. The Balaban J connectivity index is 2.10. The number of nitrogens with zero attached hydrogens (tertiary/aromatic N) is 1. The van der Waals surface area contributed by atoms with E-state index in [1.54, 1.807) is 0 Å². The molecule has 1 atom stereocenters. The summed E-state index contributed by atoms with van der Waals surface area (Å²) >= 11 is 0. The molecule has 1 aromatic heterocycles. The van der Waals surface area contributed by atoms with Crippen LogP contribution < -0.4 is 5.32 Å². The van der Waals surface area contributed by atoms with Crippen LogP contribution in [0.25, 0.3) is 0 Å². The van der Waals surface area contributed by atoms with Gasteiger partial charge in [-0.1, -0.05) is 25.8 Å². The molecule has 0 radical (unpaired) electrons. The lowest BCUT2D eigenvalue weighted by Crippen LogP contribution is -2.43. The van der Waals surface area contributed by atoms with Gasteiger partial charge in [0.15, 0.2) is 0 Å². The minimum Gasteiger partial charge on any atom is -0.316 e. The molecule has 0 bridgehead atoms. The summed E-state index contributed by atoms with van der Waals surface area (Å²) in [5.41, 5.74) is 1.87. The van der Waals surface area contributed by atoms with Crippen LogP contribution in [-0.4, -0.2) is 18.1 Å². The van der Waals surface area contributed by atoms with Crippen LogP contribution in [0.2, 0.25) is 0 Å². The Bertz CT molecular complexity index is 328. The number of rotatable bonds is 5. The highest BCUT2D eigenvalue weighted by molar-refractivity contribution is 5.12. The van der Waals surface area contributed by atoms with Crippen molar-refractivity contribution in [3.8, 4) is 0 Å². The van der Waals surface area contributed by atoms with Crippen LogP contribution in [0.5, 0.6) is 0 Å². The molecule has 0 spiro atoms. The fourth-order valence-corrected chi connectivity index (χ4v) is 3.41. The Labute approximate surface area is 105 Å². The summed E-state index contributed by atoms with van der Waals surface area (Å²) in [7, 11) is 2.11. The molecule has 0 aliphatic heterocycles. The van der Waals surface area contributed by atoms with Gasteiger partial charge in [0.1, 0.15) is 0 Å². The highest BCUT2D eigenvalue weighted by Crippen LogP contribution is 2.44. The molecule has 17 heavy (non-hydrogen) atoms. The first-order chi connectivity index (χ1) is 8.30. The fraction of sp³-hybridized carbons (Fsp3) is 0.667. The topological polar surface area (TPSA) is 24.9 Å². The van der Waals surface area contributed by atoms with Crippen molar-refractivity contribution in [3.05, 3.63) is 30.1 Å². The normalized spacial score (nSPS) is 20.4. The summed E-state index contributed by atoms with van der Waals surface area (Å²) in [6, 6.07) is 4.82. The van der Waals surface area contributed by atoms with E-state index in [0.29, 0.717) is 11.5 Å². The van der Waals surface area contributed by atoms with Gasteiger partial charge in [-0.15, -0.1) is 0 Å². The van der Waals surface area contributed by atoms with Crippen LogP contribution in [0.1, 0.15) is 44.6 Å². The van der Waals surface area contributed by atoms with Gasteiger partial charge in [-0.25, -0.2) is 0 Å². The average molecular weight is 232 g/mol. The molecule has 1 aliphatic carbocycles. The lowest BCUT2D eigenvalue weighted by Gasteiger charge is -2.37. The highest BCUT2D eigenvalue weighted by Gasteiger charge is 2.38. The summed E-state index contributed by atoms with van der Waals surface area (Å²) in [5, 5.41) is 3.56. The van der Waals surface area contributed by atoms with Crippen LogP contribution in [0.4, 0.5) is 0 Å². The van der Waals surface area contributed by atoms with Gasteiger partial charge in [0, 0.05) is 18.4 Å². The second-order valence-corrected chi connectivity index (χ2v) is 5.33. The van der Waals surface area contributed by atoms with E-state index in [9.17, 15) is 0 Å². The zero-order valence-electron chi connectivity index (χ0n) is 11.1. The maximum absolute atomic E-state index is 4.22. The van der Waals surface area contributed by atoms with Crippen LogP contribution >= 0.6 is 0 Å². The van der Waals surface area contributed by atoms with Gasteiger partial charge < -0.3 is 5.32 Å². The third-order valence-electron chi connectivity index (χ3n) is 4.55. The largest absolute Gasteiger partial charge is 0.316 e. The minimum atomic E-state index is 0.518. The Hall–Kier alpha value is -0.890. The summed E-state index contributed by atoms with van der Waals surface area (Å²) < 4.78 is 0. The first-order valence-electron chi connectivity index (χ1n) is 6.87. The predicted molar refractivity (Wildman–Crippen MR) is 72.0 cm³/mol. The number of hydrogen-bond donors (Lipinski definition) is 1. The highest BCUT2D eigenvalue weighted by atomic mass is 14.9. The molecule has 1 fully saturated rings. The first kappa shape index (κ1) is 12.6. The lowest BCUT2D eigenvalue weighted by atomic mass is 9.74. The third kappa shape index (κ3) is 2.68. The summed E-state index contributed by atoms with van der Waals surface area (Å²) in [6.45, 7) is 2.35. The fourth-order valence-electron chi connectivity index (χ4n) is 3.41. The summed E-state index contributed by atoms with van der Waals surface area (Å²) in [6.07, 6.45) is 11.8. The number of pyridine rings is 1. The van der Waals surface area contributed by atoms with E-state index in [-0.39, 0.29) is 0 Å². The molecule has 1 heterocycles. The second-order valence-electron chi connectivity index (χ2n) is 5.33. The van der Waals surface area contributed by atoms with E-state index >= 15 is 0 Å². The van der Waals surface area contributed by atoms with Crippen molar-refractivity contribution in [2.24, 2.45) is 5.41 Å². The van der Waals surface area contributed by atoms with Crippen molar-refractivity contribution in [2.75, 3.05) is 7.05 Å². The van der Waals surface area contributed by atoms with Crippen molar-refractivity contribution in [1.29, 1.82) is 0 Å². The zero-order valence-corrected chi connectivity index (χ0v) is 11.1. The smallest absolute Gasteiger partial charge is 0.0300 e. The Morgan fingerprint density at radius 1 is 1.41 bits per heavy atom. The molecule has 1 unspecified atom stereocenters. The first-order valence-corrected chi connectivity index (χ1v) is 6.87. The van der Waals surface area contributed by atoms with Crippen molar-refractivity contribution in [2.45, 2.75) is 51.5 Å². The average Bonchev–Trinajstić information content (AvgIpc) is 2.87. The molecular formula is C15H24N2. The summed E-state index contributed by atoms with van der Waals surface area (Å²) in [5.74, 6) is 0.